The first kappa shape index (κ1) is 27.2. The molecule has 4 rings (SSSR count). The number of nitrogens with two attached hydrogens (primary N) is 1. The lowest BCUT2D eigenvalue weighted by Gasteiger charge is -2.61. The van der Waals surface area contributed by atoms with Gasteiger partial charge in [0.1, 0.15) is 11.9 Å². The number of hydrogen-bond donors (Lipinski definition) is 3. The van der Waals surface area contributed by atoms with Crippen molar-refractivity contribution in [1.82, 2.24) is 0 Å². The Morgan fingerprint density at radius 2 is 1.94 bits per heavy atom. The molecule has 0 aliphatic heterocycles. The molecular weight excluding hydrogens is 462 g/mol. The van der Waals surface area contributed by atoms with E-state index in [-0.39, 0.29) is 52.0 Å². The lowest BCUT2D eigenvalue weighted by atomic mass is 9.44. The van der Waals surface area contributed by atoms with Crippen molar-refractivity contribution in [2.75, 3.05) is 5.75 Å². The number of rotatable bonds is 5. The van der Waals surface area contributed by atoms with Gasteiger partial charge in [-0.25, -0.2) is 0 Å². The van der Waals surface area contributed by atoms with Gasteiger partial charge in [-0.05, 0) is 62.2 Å². The lowest BCUT2D eigenvalue weighted by Crippen LogP contribution is -2.63. The minimum Gasteiger partial charge on any atom is -0.461 e. The van der Waals surface area contributed by atoms with Crippen molar-refractivity contribution in [3.63, 3.8) is 0 Å². The average Bonchev–Trinajstić information content (AvgIpc) is 3.17. The zero-order chi connectivity index (χ0) is 25.8. The predicted molar refractivity (Wildman–Crippen MR) is 139 cm³/mol. The number of aliphatic hydroxyl groups is 2. The number of aliphatic hydroxyl groups excluding tert-OH is 2. The fourth-order valence-electron chi connectivity index (χ4n) is 8.21. The maximum absolute atomic E-state index is 13.5. The summed E-state index contributed by atoms with van der Waals surface area (Å²) in [6.45, 7) is 12.5. The molecule has 0 aromatic heterocycles. The van der Waals surface area contributed by atoms with E-state index in [4.69, 9.17) is 10.5 Å². The largest absolute Gasteiger partial charge is 0.461 e. The molecule has 2 bridgehead atoms. The van der Waals surface area contributed by atoms with Crippen LogP contribution in [0.25, 0.3) is 0 Å². The molecule has 0 heterocycles. The van der Waals surface area contributed by atoms with Crippen LogP contribution in [0.2, 0.25) is 0 Å². The smallest absolute Gasteiger partial charge is 0.316 e. The Balaban J connectivity index is 1.62. The molecule has 0 amide bonds. The molecule has 0 radical (unpaired) electrons. The molecule has 4 saturated carbocycles. The number of Topliss-reactive ketones (excluding diaryl/α,β-unsaturated/α-hetero) is 1. The Labute approximate surface area is 214 Å². The van der Waals surface area contributed by atoms with E-state index in [1.807, 2.05) is 13.0 Å². The fraction of sp³-hybridized carbons (Fsp3) is 0.857. The van der Waals surface area contributed by atoms with Crippen LogP contribution >= 0.6 is 11.8 Å². The summed E-state index contributed by atoms with van der Waals surface area (Å²) in [4.78, 5) is 26.7. The van der Waals surface area contributed by atoms with Gasteiger partial charge in [0.15, 0.2) is 0 Å². The molecule has 4 aliphatic rings. The summed E-state index contributed by atoms with van der Waals surface area (Å²) in [6.07, 6.45) is 6.01. The van der Waals surface area contributed by atoms with Gasteiger partial charge in [0, 0.05) is 34.5 Å². The minimum absolute atomic E-state index is 0.0194. The van der Waals surface area contributed by atoms with Crippen molar-refractivity contribution in [2.45, 2.75) is 109 Å². The number of carbonyl (C=O) groups excluding carboxylic acids is 2. The second kappa shape index (κ2) is 9.77. The van der Waals surface area contributed by atoms with Crippen LogP contribution in [0.3, 0.4) is 0 Å². The molecule has 4 N–H and O–H groups in total. The lowest BCUT2D eigenvalue weighted by molar-refractivity contribution is -0.205. The predicted octanol–water partition coefficient (Wildman–Crippen LogP) is 3.87. The number of esters is 1. The van der Waals surface area contributed by atoms with Crippen LogP contribution in [0.5, 0.6) is 0 Å². The summed E-state index contributed by atoms with van der Waals surface area (Å²) in [6, 6.07) is 0.0195. The maximum Gasteiger partial charge on any atom is 0.316 e. The van der Waals surface area contributed by atoms with Crippen molar-refractivity contribution in [2.24, 2.45) is 39.7 Å². The molecule has 11 atom stereocenters. The normalized spacial score (nSPS) is 50.1. The van der Waals surface area contributed by atoms with E-state index in [9.17, 15) is 19.8 Å². The quantitative estimate of drug-likeness (QED) is 0.383. The molecule has 6 nitrogen and oxygen atoms in total. The van der Waals surface area contributed by atoms with Gasteiger partial charge in [-0.1, -0.05) is 33.8 Å². The van der Waals surface area contributed by atoms with Gasteiger partial charge in [0.05, 0.1) is 18.0 Å². The van der Waals surface area contributed by atoms with E-state index in [0.29, 0.717) is 19.3 Å². The van der Waals surface area contributed by atoms with E-state index >= 15 is 0 Å². The van der Waals surface area contributed by atoms with Gasteiger partial charge < -0.3 is 20.7 Å². The van der Waals surface area contributed by atoms with Crippen LogP contribution in [0.15, 0.2) is 12.7 Å². The highest BCUT2D eigenvalue weighted by molar-refractivity contribution is 8.00. The zero-order valence-electron chi connectivity index (χ0n) is 21.9. The van der Waals surface area contributed by atoms with Gasteiger partial charge in [0.2, 0.25) is 0 Å². The fourth-order valence-corrected chi connectivity index (χ4v) is 9.27. The van der Waals surface area contributed by atoms with Crippen LogP contribution in [0.4, 0.5) is 0 Å². The van der Waals surface area contributed by atoms with E-state index in [0.717, 1.165) is 32.1 Å². The topological polar surface area (TPSA) is 110 Å². The second-order valence-electron chi connectivity index (χ2n) is 12.6. The SMILES string of the molecule is C=C[C@]1(C)C[C@@H](OC(=O)CS[C@H]2CC[C@H](N)C[C@@H]2O)[C@]2(C)C(C)CC[C@]3(CCC(=O)[C@H]32)[C@@H](C)[C@@H]1O. The Morgan fingerprint density at radius 1 is 1.23 bits per heavy atom. The van der Waals surface area contributed by atoms with Gasteiger partial charge >= 0.3 is 5.97 Å². The molecule has 1 unspecified atom stereocenters. The van der Waals surface area contributed by atoms with Crippen molar-refractivity contribution >= 4 is 23.5 Å². The van der Waals surface area contributed by atoms with E-state index < -0.39 is 29.1 Å². The molecule has 7 heteroatoms. The first-order chi connectivity index (χ1) is 16.4. The maximum atomic E-state index is 13.5. The first-order valence-corrected chi connectivity index (χ1v) is 14.5. The van der Waals surface area contributed by atoms with Gasteiger partial charge in [0.25, 0.3) is 0 Å². The molecule has 35 heavy (non-hydrogen) atoms. The van der Waals surface area contributed by atoms with Gasteiger partial charge in [-0.15, -0.1) is 18.3 Å². The number of hydrogen-bond acceptors (Lipinski definition) is 7. The highest BCUT2D eigenvalue weighted by atomic mass is 32.2. The van der Waals surface area contributed by atoms with Crippen molar-refractivity contribution in [1.29, 1.82) is 0 Å². The first-order valence-electron chi connectivity index (χ1n) is 13.5. The highest BCUT2D eigenvalue weighted by Gasteiger charge is 2.68. The van der Waals surface area contributed by atoms with E-state index in [2.05, 4.69) is 27.4 Å². The molecule has 4 fully saturated rings. The van der Waals surface area contributed by atoms with Crippen LogP contribution in [-0.2, 0) is 14.3 Å². The summed E-state index contributed by atoms with van der Waals surface area (Å²) in [7, 11) is 0. The molecule has 0 saturated heterocycles. The Hall–Kier alpha value is -0.890. The highest BCUT2D eigenvalue weighted by Crippen LogP contribution is 2.68. The Morgan fingerprint density at radius 3 is 2.60 bits per heavy atom. The number of thioether (sulfide) groups is 1. The summed E-state index contributed by atoms with van der Waals surface area (Å²) in [5.74, 6) is 0.0613. The minimum atomic E-state index is -0.663. The standard InChI is InChI=1S/C28H45NO5S/c1-6-26(4)14-22(34-23(32)15-35-21-8-7-18(29)13-20(21)31)27(5)16(2)9-11-28(17(3)25(26)33)12-10-19(30)24(27)28/h6,16-18,20-22,24-25,31,33H,1,7-15,29H2,2-5H3/t16?,17-,18-,20-,21-,22+,24-,25-,26+,27-,28-/m0/s1. The Kier molecular flexibility index (Phi) is 7.58. The summed E-state index contributed by atoms with van der Waals surface area (Å²) < 4.78 is 6.29. The molecule has 0 aromatic carbocycles. The van der Waals surface area contributed by atoms with Crippen molar-refractivity contribution in [3.8, 4) is 0 Å². The third-order valence-corrected chi connectivity index (χ3v) is 12.2. The van der Waals surface area contributed by atoms with Crippen molar-refractivity contribution in [3.05, 3.63) is 12.7 Å². The van der Waals surface area contributed by atoms with Gasteiger partial charge in [-0.3, -0.25) is 9.59 Å². The molecule has 0 aromatic rings. The number of carbonyl (C=O) groups is 2. The molecule has 0 spiro atoms. The number of ether oxygens (including phenoxy) is 1. The van der Waals surface area contributed by atoms with E-state index in [1.165, 1.54) is 11.8 Å². The van der Waals surface area contributed by atoms with Crippen LogP contribution in [0.1, 0.15) is 79.1 Å². The summed E-state index contributed by atoms with van der Waals surface area (Å²) in [5, 5.41) is 22.0. The Bertz CT molecular complexity index is 851. The van der Waals surface area contributed by atoms with Crippen LogP contribution in [0, 0.1) is 34.0 Å². The summed E-state index contributed by atoms with van der Waals surface area (Å²) in [5.41, 5.74) is 4.57. The monoisotopic (exact) mass is 507 g/mol. The summed E-state index contributed by atoms with van der Waals surface area (Å²) >= 11 is 1.45. The molecule has 198 valence electrons. The third-order valence-electron chi connectivity index (χ3n) is 10.8. The number of ketones is 1. The molecular formula is C28H45NO5S. The second-order valence-corrected chi connectivity index (χ2v) is 13.8. The molecule has 4 aliphatic carbocycles. The average molecular weight is 508 g/mol. The van der Waals surface area contributed by atoms with Crippen molar-refractivity contribution < 1.29 is 24.5 Å². The zero-order valence-corrected chi connectivity index (χ0v) is 22.7. The third kappa shape index (κ3) is 4.42. The van der Waals surface area contributed by atoms with Gasteiger partial charge in [-0.2, -0.15) is 0 Å². The van der Waals surface area contributed by atoms with Crippen LogP contribution in [-0.4, -0.2) is 57.3 Å². The van der Waals surface area contributed by atoms with E-state index in [1.54, 1.807) is 0 Å². The van der Waals surface area contributed by atoms with Crippen LogP contribution < -0.4 is 5.73 Å².